The fourth-order valence-electron chi connectivity index (χ4n) is 2.82. The average Bonchev–Trinajstić information content (AvgIpc) is 2.39. The minimum atomic E-state index is 0.0870. The lowest BCUT2D eigenvalue weighted by Gasteiger charge is -2.35. The third-order valence-corrected chi connectivity index (χ3v) is 3.69. The zero-order valence-electron chi connectivity index (χ0n) is 11.4. The normalized spacial score (nSPS) is 21.9. The molecule has 100 valence electrons. The van der Waals surface area contributed by atoms with E-state index in [0.29, 0.717) is 5.92 Å². The summed E-state index contributed by atoms with van der Waals surface area (Å²) in [5, 5.41) is 0. The molecule has 2 rings (SSSR count). The maximum atomic E-state index is 6.06. The summed E-state index contributed by atoms with van der Waals surface area (Å²) in [6.07, 6.45) is 2.51. The number of piperidine rings is 1. The average molecular weight is 248 g/mol. The Kier molecular flexibility index (Phi) is 4.61. The number of hydrogen-bond acceptors (Lipinski definition) is 3. The smallest absolute Gasteiger partial charge is 0.0507 e. The number of rotatable bonds is 4. The molecule has 3 nitrogen and oxygen atoms in total. The molecule has 0 aliphatic carbocycles. The number of anilines is 1. The number of para-hydroxylation sites is 1. The molecule has 2 unspecified atom stereocenters. The van der Waals surface area contributed by atoms with Crippen molar-refractivity contribution in [1.82, 2.24) is 0 Å². The Bertz CT molecular complexity index is 377. The van der Waals surface area contributed by atoms with Gasteiger partial charge >= 0.3 is 0 Å². The number of ether oxygens (including phenoxy) is 1. The highest BCUT2D eigenvalue weighted by molar-refractivity contribution is 5.55. The van der Waals surface area contributed by atoms with Gasteiger partial charge < -0.3 is 15.4 Å². The van der Waals surface area contributed by atoms with Crippen molar-refractivity contribution in [1.29, 1.82) is 0 Å². The van der Waals surface area contributed by atoms with Crippen molar-refractivity contribution < 1.29 is 4.74 Å². The molecule has 0 amide bonds. The van der Waals surface area contributed by atoms with Crippen LogP contribution in [0.5, 0.6) is 0 Å². The Morgan fingerprint density at radius 1 is 1.44 bits per heavy atom. The Hall–Kier alpha value is -1.06. The highest BCUT2D eigenvalue weighted by Gasteiger charge is 2.22. The highest BCUT2D eigenvalue weighted by atomic mass is 16.5. The molecule has 0 radical (unpaired) electrons. The first-order valence-electron chi connectivity index (χ1n) is 6.80. The zero-order chi connectivity index (χ0) is 13.0. The standard InChI is InChI=1S/C15H24N2O/c1-12(16)14-7-3-4-8-15(14)17-9-5-6-13(10-17)11-18-2/h3-4,7-8,12-13H,5-6,9-11,16H2,1-2H3. The van der Waals surface area contributed by atoms with Crippen LogP contribution in [0.2, 0.25) is 0 Å². The second kappa shape index (κ2) is 6.21. The first-order valence-corrected chi connectivity index (χ1v) is 6.80. The summed E-state index contributed by atoms with van der Waals surface area (Å²) in [6.45, 7) is 5.12. The number of nitrogens with two attached hydrogens (primary N) is 1. The van der Waals surface area contributed by atoms with E-state index >= 15 is 0 Å². The van der Waals surface area contributed by atoms with Crippen LogP contribution in [-0.2, 0) is 4.74 Å². The van der Waals surface area contributed by atoms with Gasteiger partial charge in [0.25, 0.3) is 0 Å². The highest BCUT2D eigenvalue weighted by Crippen LogP contribution is 2.29. The van der Waals surface area contributed by atoms with Gasteiger partial charge in [0.1, 0.15) is 0 Å². The van der Waals surface area contributed by atoms with Crippen LogP contribution in [0.15, 0.2) is 24.3 Å². The molecule has 0 saturated carbocycles. The van der Waals surface area contributed by atoms with E-state index in [0.717, 1.165) is 19.7 Å². The zero-order valence-corrected chi connectivity index (χ0v) is 11.4. The summed E-state index contributed by atoms with van der Waals surface area (Å²) in [7, 11) is 1.79. The number of methoxy groups -OCH3 is 1. The Balaban J connectivity index is 2.15. The summed E-state index contributed by atoms with van der Waals surface area (Å²) >= 11 is 0. The lowest BCUT2D eigenvalue weighted by molar-refractivity contribution is 0.143. The number of benzene rings is 1. The van der Waals surface area contributed by atoms with Crippen LogP contribution in [0.3, 0.4) is 0 Å². The fraction of sp³-hybridized carbons (Fsp3) is 0.600. The monoisotopic (exact) mass is 248 g/mol. The third kappa shape index (κ3) is 3.03. The van der Waals surface area contributed by atoms with Crippen molar-refractivity contribution in [2.24, 2.45) is 11.7 Å². The van der Waals surface area contributed by atoms with Gasteiger partial charge in [0.15, 0.2) is 0 Å². The third-order valence-electron chi connectivity index (χ3n) is 3.69. The van der Waals surface area contributed by atoms with E-state index in [1.807, 2.05) is 0 Å². The summed E-state index contributed by atoms with van der Waals surface area (Å²) in [4.78, 5) is 2.46. The maximum Gasteiger partial charge on any atom is 0.0507 e. The Morgan fingerprint density at radius 3 is 2.94 bits per heavy atom. The number of nitrogens with zero attached hydrogens (tertiary/aromatic N) is 1. The van der Waals surface area contributed by atoms with Crippen molar-refractivity contribution in [2.75, 3.05) is 31.7 Å². The van der Waals surface area contributed by atoms with E-state index in [9.17, 15) is 0 Å². The largest absolute Gasteiger partial charge is 0.384 e. The molecule has 1 saturated heterocycles. The molecule has 1 fully saturated rings. The van der Waals surface area contributed by atoms with E-state index in [1.54, 1.807) is 7.11 Å². The molecular formula is C15H24N2O. The first kappa shape index (κ1) is 13.4. The molecule has 1 aliphatic heterocycles. The fourth-order valence-corrected chi connectivity index (χ4v) is 2.82. The van der Waals surface area contributed by atoms with Gasteiger partial charge in [-0.3, -0.25) is 0 Å². The molecule has 1 aromatic rings. The molecule has 3 heteroatoms. The van der Waals surface area contributed by atoms with E-state index < -0.39 is 0 Å². The van der Waals surface area contributed by atoms with Gasteiger partial charge in [-0.25, -0.2) is 0 Å². The van der Waals surface area contributed by atoms with E-state index in [4.69, 9.17) is 10.5 Å². The summed E-state index contributed by atoms with van der Waals surface area (Å²) in [5.74, 6) is 0.643. The molecule has 0 spiro atoms. The van der Waals surface area contributed by atoms with Gasteiger partial charge in [-0.2, -0.15) is 0 Å². The molecule has 18 heavy (non-hydrogen) atoms. The molecule has 2 atom stereocenters. The first-order chi connectivity index (χ1) is 8.72. The van der Waals surface area contributed by atoms with Crippen LogP contribution in [0, 0.1) is 5.92 Å². The topological polar surface area (TPSA) is 38.5 Å². The van der Waals surface area contributed by atoms with Crippen LogP contribution in [0.4, 0.5) is 5.69 Å². The molecule has 0 bridgehead atoms. The van der Waals surface area contributed by atoms with Gasteiger partial charge in [-0.05, 0) is 37.3 Å². The van der Waals surface area contributed by atoms with Crippen LogP contribution in [0.1, 0.15) is 31.4 Å². The predicted molar refractivity (Wildman–Crippen MR) is 75.9 cm³/mol. The van der Waals surface area contributed by atoms with Crippen molar-refractivity contribution in [3.8, 4) is 0 Å². The predicted octanol–water partition coefficient (Wildman–Crippen LogP) is 2.57. The number of hydrogen-bond donors (Lipinski definition) is 1. The lowest BCUT2D eigenvalue weighted by Crippen LogP contribution is -2.37. The molecule has 0 aromatic heterocycles. The quantitative estimate of drug-likeness (QED) is 0.890. The minimum absolute atomic E-state index is 0.0870. The minimum Gasteiger partial charge on any atom is -0.384 e. The Morgan fingerprint density at radius 2 is 2.22 bits per heavy atom. The van der Waals surface area contributed by atoms with Gasteiger partial charge in [0, 0.05) is 31.9 Å². The van der Waals surface area contributed by atoms with Gasteiger partial charge in [0.05, 0.1) is 6.61 Å². The van der Waals surface area contributed by atoms with Crippen molar-refractivity contribution >= 4 is 5.69 Å². The summed E-state index contributed by atoms with van der Waals surface area (Å²) in [6, 6.07) is 8.58. The molecule has 1 heterocycles. The lowest BCUT2D eigenvalue weighted by atomic mass is 9.96. The van der Waals surface area contributed by atoms with Crippen molar-refractivity contribution in [3.63, 3.8) is 0 Å². The SMILES string of the molecule is COCC1CCCN(c2ccccc2C(C)N)C1. The van der Waals surface area contributed by atoms with E-state index in [-0.39, 0.29) is 6.04 Å². The summed E-state index contributed by atoms with van der Waals surface area (Å²) < 4.78 is 5.29. The van der Waals surface area contributed by atoms with Crippen molar-refractivity contribution in [2.45, 2.75) is 25.8 Å². The van der Waals surface area contributed by atoms with Crippen molar-refractivity contribution in [3.05, 3.63) is 29.8 Å². The molecular weight excluding hydrogens is 224 g/mol. The van der Waals surface area contributed by atoms with Gasteiger partial charge in [-0.15, -0.1) is 0 Å². The maximum absolute atomic E-state index is 6.06. The second-order valence-electron chi connectivity index (χ2n) is 5.26. The summed E-state index contributed by atoms with van der Waals surface area (Å²) in [5.41, 5.74) is 8.61. The Labute approximate surface area is 110 Å². The second-order valence-corrected chi connectivity index (χ2v) is 5.26. The van der Waals surface area contributed by atoms with Gasteiger partial charge in [0.2, 0.25) is 0 Å². The molecule has 1 aromatic carbocycles. The van der Waals surface area contributed by atoms with Crippen LogP contribution in [0.25, 0.3) is 0 Å². The van der Waals surface area contributed by atoms with Crippen LogP contribution >= 0.6 is 0 Å². The van der Waals surface area contributed by atoms with Gasteiger partial charge in [-0.1, -0.05) is 18.2 Å². The van der Waals surface area contributed by atoms with Crippen LogP contribution in [-0.4, -0.2) is 26.8 Å². The molecule has 1 aliphatic rings. The van der Waals surface area contributed by atoms with E-state index in [2.05, 4.69) is 36.1 Å². The van der Waals surface area contributed by atoms with E-state index in [1.165, 1.54) is 24.1 Å². The van der Waals surface area contributed by atoms with Crippen LogP contribution < -0.4 is 10.6 Å². The molecule has 2 N–H and O–H groups in total.